The second-order valence-electron chi connectivity index (χ2n) is 10.3. The van der Waals surface area contributed by atoms with Gasteiger partial charge in [0.05, 0.1) is 44.7 Å². The lowest BCUT2D eigenvalue weighted by molar-refractivity contribution is 0.0652. The smallest absolute Gasteiger partial charge is 0.171 e. The maximum absolute atomic E-state index is 14.4. The second-order valence-corrected chi connectivity index (χ2v) is 15.9. The zero-order valence-electron chi connectivity index (χ0n) is 23.3. The minimum Gasteiger partial charge on any atom is -0.497 e. The van der Waals surface area contributed by atoms with Gasteiger partial charge < -0.3 is 23.7 Å². The van der Waals surface area contributed by atoms with E-state index in [1.54, 1.807) is 46.6 Å². The lowest BCUT2D eigenvalue weighted by Gasteiger charge is -2.37. The van der Waals surface area contributed by atoms with Crippen LogP contribution in [-0.4, -0.2) is 42.3 Å². The molecule has 1 aliphatic rings. The van der Waals surface area contributed by atoms with Gasteiger partial charge in [0.2, 0.25) is 0 Å². The third-order valence-electron chi connectivity index (χ3n) is 6.58. The van der Waals surface area contributed by atoms with Gasteiger partial charge in [0.25, 0.3) is 0 Å². The quantitative estimate of drug-likeness (QED) is 0.162. The Morgan fingerprint density at radius 3 is 2.10 bits per heavy atom. The number of carbonyl (C=O) groups excluding carboxylic acids is 1. The number of hydrogen-bond acceptors (Lipinski definition) is 6. The summed E-state index contributed by atoms with van der Waals surface area (Å²) < 4.78 is 29.2. The number of halogens is 1. The molecule has 0 aromatic heterocycles. The number of methoxy groups -OCH3 is 4. The van der Waals surface area contributed by atoms with E-state index in [-0.39, 0.29) is 5.78 Å². The standard InChI is InChI=1S/C31H33BrO6Si/c1-34-21-11-8-19(9-12-21)31-29(30(33)20-10-13-25(35-2)28(16-20)37-4)22(14-15-39(5,6)7)23-17-24(32)27(36-3)18-26(23)38-31/h8-13,16-18,22,29,31H,1-7H3/t22-,29+,31+/m0/s1. The summed E-state index contributed by atoms with van der Waals surface area (Å²) in [5.41, 5.74) is 5.71. The first kappa shape index (κ1) is 28.6. The normalized spacial score (nSPS) is 18.1. The third kappa shape index (κ3) is 6.10. The van der Waals surface area contributed by atoms with Crippen molar-refractivity contribution in [1.29, 1.82) is 0 Å². The lowest BCUT2D eigenvalue weighted by Crippen LogP contribution is -2.35. The summed E-state index contributed by atoms with van der Waals surface area (Å²) >= 11 is 3.62. The summed E-state index contributed by atoms with van der Waals surface area (Å²) in [7, 11) is 4.58. The predicted octanol–water partition coefficient (Wildman–Crippen LogP) is 7.08. The fourth-order valence-electron chi connectivity index (χ4n) is 4.63. The molecule has 8 heteroatoms. The fourth-order valence-corrected chi connectivity index (χ4v) is 5.74. The van der Waals surface area contributed by atoms with Crippen LogP contribution in [0.4, 0.5) is 0 Å². The van der Waals surface area contributed by atoms with Crippen LogP contribution in [0.5, 0.6) is 28.7 Å². The maximum Gasteiger partial charge on any atom is 0.171 e. The van der Waals surface area contributed by atoms with Crippen molar-refractivity contribution < 1.29 is 28.5 Å². The van der Waals surface area contributed by atoms with Crippen LogP contribution in [0, 0.1) is 17.4 Å². The molecule has 0 spiro atoms. The Morgan fingerprint density at radius 2 is 1.51 bits per heavy atom. The molecule has 4 rings (SSSR count). The van der Waals surface area contributed by atoms with Crippen molar-refractivity contribution >= 4 is 29.8 Å². The Kier molecular flexibility index (Phi) is 8.63. The van der Waals surface area contributed by atoms with Crippen LogP contribution in [0.1, 0.15) is 33.5 Å². The molecule has 0 radical (unpaired) electrons. The van der Waals surface area contributed by atoms with E-state index in [1.807, 2.05) is 36.4 Å². The van der Waals surface area contributed by atoms with Crippen molar-refractivity contribution in [2.75, 3.05) is 28.4 Å². The van der Waals surface area contributed by atoms with Gasteiger partial charge in [-0.2, -0.15) is 0 Å². The second kappa shape index (κ2) is 11.8. The van der Waals surface area contributed by atoms with Gasteiger partial charge in [0.1, 0.15) is 31.4 Å². The number of ketones is 1. The van der Waals surface area contributed by atoms with E-state index in [9.17, 15) is 4.79 Å². The van der Waals surface area contributed by atoms with E-state index < -0.39 is 26.0 Å². The zero-order chi connectivity index (χ0) is 28.3. The first-order valence-corrected chi connectivity index (χ1v) is 16.9. The molecule has 0 unspecified atom stereocenters. The van der Waals surface area contributed by atoms with Gasteiger partial charge >= 0.3 is 0 Å². The number of carbonyl (C=O) groups is 1. The van der Waals surface area contributed by atoms with E-state index >= 15 is 0 Å². The summed E-state index contributed by atoms with van der Waals surface area (Å²) in [5, 5.41) is 0. The van der Waals surface area contributed by atoms with Crippen LogP contribution >= 0.6 is 15.9 Å². The van der Waals surface area contributed by atoms with Crippen molar-refractivity contribution in [1.82, 2.24) is 0 Å². The van der Waals surface area contributed by atoms with E-state index in [1.165, 1.54) is 0 Å². The van der Waals surface area contributed by atoms with Crippen LogP contribution < -0.4 is 23.7 Å². The molecule has 0 saturated carbocycles. The number of Topliss-reactive ketones (excluding diaryl/α,β-unsaturated/α-hetero) is 1. The Labute approximate surface area is 239 Å². The van der Waals surface area contributed by atoms with Crippen LogP contribution in [0.2, 0.25) is 19.6 Å². The summed E-state index contributed by atoms with van der Waals surface area (Å²) in [4.78, 5) is 14.4. The summed E-state index contributed by atoms with van der Waals surface area (Å²) in [5.74, 6) is 5.42. The Bertz CT molecular complexity index is 1420. The van der Waals surface area contributed by atoms with Gasteiger partial charge in [-0.1, -0.05) is 31.8 Å². The van der Waals surface area contributed by atoms with Crippen LogP contribution in [-0.2, 0) is 0 Å². The zero-order valence-corrected chi connectivity index (χ0v) is 25.8. The highest BCUT2D eigenvalue weighted by Crippen LogP contribution is 2.50. The molecule has 3 atom stereocenters. The number of ether oxygens (including phenoxy) is 5. The van der Waals surface area contributed by atoms with Crippen LogP contribution in [0.3, 0.4) is 0 Å². The topological polar surface area (TPSA) is 63.2 Å². The average Bonchev–Trinajstić information content (AvgIpc) is 2.94. The van der Waals surface area contributed by atoms with Crippen LogP contribution in [0.15, 0.2) is 59.1 Å². The Balaban J connectivity index is 1.95. The van der Waals surface area contributed by atoms with Gasteiger partial charge in [-0.3, -0.25) is 4.79 Å². The molecule has 1 aliphatic heterocycles. The number of hydrogen-bond donors (Lipinski definition) is 0. The molecular weight excluding hydrogens is 576 g/mol. The molecule has 0 fully saturated rings. The maximum atomic E-state index is 14.4. The monoisotopic (exact) mass is 608 g/mol. The lowest BCUT2D eigenvalue weighted by atomic mass is 9.74. The van der Waals surface area contributed by atoms with Crippen molar-refractivity contribution in [2.24, 2.45) is 5.92 Å². The molecule has 0 aliphatic carbocycles. The number of benzene rings is 3. The molecule has 0 saturated heterocycles. The predicted molar refractivity (Wildman–Crippen MR) is 158 cm³/mol. The summed E-state index contributed by atoms with van der Waals surface area (Å²) in [6.45, 7) is 6.57. The van der Waals surface area contributed by atoms with Crippen molar-refractivity contribution in [3.63, 3.8) is 0 Å². The van der Waals surface area contributed by atoms with Gasteiger partial charge in [0.15, 0.2) is 17.3 Å². The van der Waals surface area contributed by atoms with Gasteiger partial charge in [0, 0.05) is 17.2 Å². The molecule has 6 nitrogen and oxygen atoms in total. The molecule has 3 aromatic carbocycles. The summed E-state index contributed by atoms with van der Waals surface area (Å²) in [6.07, 6.45) is -0.601. The highest BCUT2D eigenvalue weighted by atomic mass is 79.9. The van der Waals surface area contributed by atoms with Crippen molar-refractivity contribution in [3.05, 3.63) is 75.8 Å². The molecule has 204 valence electrons. The molecule has 0 bridgehead atoms. The van der Waals surface area contributed by atoms with Crippen molar-refractivity contribution in [3.8, 4) is 40.2 Å². The molecule has 3 aromatic rings. The van der Waals surface area contributed by atoms with Gasteiger partial charge in [-0.25, -0.2) is 0 Å². The SMILES string of the molecule is COc1ccc([C@H]2Oc3cc(OC)c(Br)cc3[C@H](C#C[Si](C)(C)C)[C@@H]2C(=O)c2ccc(OC)c(OC)c2)cc1. The Morgan fingerprint density at radius 1 is 0.846 bits per heavy atom. The first-order valence-electron chi connectivity index (χ1n) is 12.6. The Hall–Kier alpha value is -3.41. The molecule has 39 heavy (non-hydrogen) atoms. The van der Waals surface area contributed by atoms with Crippen molar-refractivity contribution in [2.45, 2.75) is 31.7 Å². The first-order chi connectivity index (χ1) is 18.6. The minimum absolute atomic E-state index is 0.0933. The molecule has 1 heterocycles. The fraction of sp³-hybridized carbons (Fsp3) is 0.323. The van der Waals surface area contributed by atoms with E-state index in [2.05, 4.69) is 47.0 Å². The van der Waals surface area contributed by atoms with Gasteiger partial charge in [-0.05, 0) is 57.9 Å². The third-order valence-corrected chi connectivity index (χ3v) is 8.09. The molecule has 0 amide bonds. The number of rotatable bonds is 7. The van der Waals surface area contributed by atoms with Gasteiger partial charge in [-0.15, -0.1) is 11.5 Å². The summed E-state index contributed by atoms with van der Waals surface area (Å²) in [6, 6.07) is 16.6. The highest BCUT2D eigenvalue weighted by molar-refractivity contribution is 9.10. The van der Waals surface area contributed by atoms with E-state index in [4.69, 9.17) is 23.7 Å². The molecule has 0 N–H and O–H groups in total. The van der Waals surface area contributed by atoms with Crippen LogP contribution in [0.25, 0.3) is 0 Å². The van der Waals surface area contributed by atoms with E-state index in [0.29, 0.717) is 28.6 Å². The minimum atomic E-state index is -1.78. The van der Waals surface area contributed by atoms with E-state index in [0.717, 1.165) is 21.3 Å². The highest BCUT2D eigenvalue weighted by Gasteiger charge is 2.44. The molecular formula is C31H33BrO6Si. The number of fused-ring (bicyclic) bond motifs is 1. The average molecular weight is 610 g/mol. The largest absolute Gasteiger partial charge is 0.497 e.